The Bertz CT molecular complexity index is 943. The molecule has 0 saturated heterocycles. The second kappa shape index (κ2) is 9.15. The van der Waals surface area contributed by atoms with Gasteiger partial charge >= 0.3 is 0 Å². The molecule has 2 heterocycles. The van der Waals surface area contributed by atoms with Crippen LogP contribution in [0.3, 0.4) is 0 Å². The summed E-state index contributed by atoms with van der Waals surface area (Å²) in [5.74, 6) is 0.0709. The van der Waals surface area contributed by atoms with E-state index in [1.807, 2.05) is 32.0 Å². The first kappa shape index (κ1) is 21.0. The molecule has 0 spiro atoms. The molecule has 150 valence electrons. The SMILES string of the molecule is COCCn1c(SCC(=O)Nc2ccc(C)cc2C)nc2c(c1=O)S[C@H](C)C2. The molecule has 8 heteroatoms. The van der Waals surface area contributed by atoms with Gasteiger partial charge in [-0.1, -0.05) is 36.4 Å². The highest BCUT2D eigenvalue weighted by molar-refractivity contribution is 8.00. The van der Waals surface area contributed by atoms with Crippen LogP contribution in [0.5, 0.6) is 0 Å². The van der Waals surface area contributed by atoms with Gasteiger partial charge in [0.25, 0.3) is 5.56 Å². The summed E-state index contributed by atoms with van der Waals surface area (Å²) in [6, 6.07) is 5.92. The number of fused-ring (bicyclic) bond motifs is 1. The molecular formula is C20H25N3O3S2. The molecule has 2 aromatic rings. The number of nitrogens with zero attached hydrogens (tertiary/aromatic N) is 2. The van der Waals surface area contributed by atoms with Gasteiger partial charge in [-0.3, -0.25) is 14.2 Å². The number of anilines is 1. The fraction of sp³-hybridized carbons (Fsp3) is 0.450. The fourth-order valence-electron chi connectivity index (χ4n) is 3.09. The zero-order valence-electron chi connectivity index (χ0n) is 16.6. The first-order valence-electron chi connectivity index (χ1n) is 9.18. The van der Waals surface area contributed by atoms with Gasteiger partial charge in [0, 0.05) is 24.5 Å². The number of amides is 1. The van der Waals surface area contributed by atoms with Gasteiger partial charge in [0.05, 0.1) is 29.5 Å². The maximum Gasteiger partial charge on any atom is 0.268 e. The van der Waals surface area contributed by atoms with Crippen molar-refractivity contribution in [2.45, 2.75) is 49.0 Å². The van der Waals surface area contributed by atoms with Crippen molar-refractivity contribution in [2.24, 2.45) is 0 Å². The maximum absolute atomic E-state index is 12.9. The normalized spacial score (nSPS) is 15.5. The highest BCUT2D eigenvalue weighted by Crippen LogP contribution is 2.34. The average Bonchev–Trinajstić information content (AvgIpc) is 3.02. The van der Waals surface area contributed by atoms with Gasteiger partial charge < -0.3 is 10.1 Å². The third-order valence-corrected chi connectivity index (χ3v) is 6.66. The van der Waals surface area contributed by atoms with Gasteiger partial charge in [-0.15, -0.1) is 11.8 Å². The number of aromatic nitrogens is 2. The van der Waals surface area contributed by atoms with E-state index in [1.54, 1.807) is 23.4 Å². The number of nitrogens with one attached hydrogen (secondary N) is 1. The molecule has 0 fully saturated rings. The number of aryl methyl sites for hydroxylation is 2. The molecule has 1 aliphatic heterocycles. The lowest BCUT2D eigenvalue weighted by molar-refractivity contribution is -0.113. The third-order valence-electron chi connectivity index (χ3n) is 4.47. The summed E-state index contributed by atoms with van der Waals surface area (Å²) in [6.45, 7) is 6.93. The van der Waals surface area contributed by atoms with Crippen molar-refractivity contribution < 1.29 is 9.53 Å². The molecule has 0 saturated carbocycles. The smallest absolute Gasteiger partial charge is 0.268 e. The molecule has 28 heavy (non-hydrogen) atoms. The summed E-state index contributed by atoms with van der Waals surface area (Å²) in [6.07, 6.45) is 0.780. The molecular weight excluding hydrogens is 394 g/mol. The van der Waals surface area contributed by atoms with Gasteiger partial charge in [-0.05, 0) is 25.5 Å². The Balaban J connectivity index is 1.75. The van der Waals surface area contributed by atoms with Crippen molar-refractivity contribution in [3.63, 3.8) is 0 Å². The van der Waals surface area contributed by atoms with E-state index in [4.69, 9.17) is 9.72 Å². The maximum atomic E-state index is 12.9. The van der Waals surface area contributed by atoms with Crippen molar-refractivity contribution >= 4 is 35.1 Å². The minimum absolute atomic E-state index is 0.0336. The van der Waals surface area contributed by atoms with E-state index in [0.29, 0.717) is 23.6 Å². The Hall–Kier alpha value is -1.77. The van der Waals surface area contributed by atoms with Crippen LogP contribution in [0.15, 0.2) is 33.0 Å². The van der Waals surface area contributed by atoms with Crippen molar-refractivity contribution in [2.75, 3.05) is 24.8 Å². The van der Waals surface area contributed by atoms with Crippen LogP contribution in [-0.4, -0.2) is 40.2 Å². The van der Waals surface area contributed by atoms with E-state index in [1.165, 1.54) is 11.8 Å². The Morgan fingerprint density at radius 3 is 2.93 bits per heavy atom. The van der Waals surface area contributed by atoms with E-state index in [2.05, 4.69) is 12.2 Å². The lowest BCUT2D eigenvalue weighted by atomic mass is 10.1. The summed E-state index contributed by atoms with van der Waals surface area (Å²) in [4.78, 5) is 30.7. The summed E-state index contributed by atoms with van der Waals surface area (Å²) >= 11 is 2.87. The van der Waals surface area contributed by atoms with E-state index in [9.17, 15) is 9.59 Å². The molecule has 1 aliphatic rings. The predicted octanol–water partition coefficient (Wildman–Crippen LogP) is 3.27. The van der Waals surface area contributed by atoms with Crippen molar-refractivity contribution in [1.82, 2.24) is 9.55 Å². The Morgan fingerprint density at radius 1 is 1.43 bits per heavy atom. The van der Waals surface area contributed by atoms with Crippen LogP contribution in [-0.2, 0) is 22.5 Å². The Morgan fingerprint density at radius 2 is 2.21 bits per heavy atom. The number of hydrogen-bond acceptors (Lipinski definition) is 6. The molecule has 3 rings (SSSR count). The standard InChI is InChI=1S/C20H25N3O3S2/c1-12-5-6-15(13(2)9-12)21-17(24)11-27-20-22-16-10-14(3)28-18(16)19(25)23(20)7-8-26-4/h5-6,9,14H,7-8,10-11H2,1-4H3,(H,21,24)/t14-/m1/s1. The summed E-state index contributed by atoms with van der Waals surface area (Å²) in [5.41, 5.74) is 3.79. The number of carbonyl (C=O) groups excluding carboxylic acids is 1. The zero-order chi connectivity index (χ0) is 20.3. The van der Waals surface area contributed by atoms with Crippen molar-refractivity contribution in [3.05, 3.63) is 45.4 Å². The van der Waals surface area contributed by atoms with E-state index in [0.717, 1.165) is 33.8 Å². The third kappa shape index (κ3) is 4.79. The van der Waals surface area contributed by atoms with Crippen LogP contribution in [0.1, 0.15) is 23.7 Å². The first-order valence-corrected chi connectivity index (χ1v) is 11.0. The van der Waals surface area contributed by atoms with Gasteiger partial charge in [-0.25, -0.2) is 4.98 Å². The largest absolute Gasteiger partial charge is 0.383 e. The molecule has 0 unspecified atom stereocenters. The zero-order valence-corrected chi connectivity index (χ0v) is 18.2. The van der Waals surface area contributed by atoms with Gasteiger partial charge in [-0.2, -0.15) is 0 Å². The average molecular weight is 420 g/mol. The molecule has 0 radical (unpaired) electrons. The monoisotopic (exact) mass is 419 g/mol. The lowest BCUT2D eigenvalue weighted by Crippen LogP contribution is -2.27. The second-order valence-corrected chi connectivity index (χ2v) is 9.30. The number of methoxy groups -OCH3 is 1. The number of hydrogen-bond donors (Lipinski definition) is 1. The summed E-state index contributed by atoms with van der Waals surface area (Å²) in [7, 11) is 1.60. The molecule has 1 aromatic heterocycles. The summed E-state index contributed by atoms with van der Waals surface area (Å²) < 4.78 is 6.77. The second-order valence-electron chi connectivity index (χ2n) is 6.91. The van der Waals surface area contributed by atoms with Crippen LogP contribution < -0.4 is 10.9 Å². The number of carbonyl (C=O) groups is 1. The highest BCUT2D eigenvalue weighted by atomic mass is 32.2. The van der Waals surface area contributed by atoms with Crippen LogP contribution in [0, 0.1) is 13.8 Å². The minimum Gasteiger partial charge on any atom is -0.383 e. The summed E-state index contributed by atoms with van der Waals surface area (Å²) in [5, 5.41) is 3.86. The molecule has 0 aliphatic carbocycles. The molecule has 1 aromatic carbocycles. The Labute approximate surface area is 173 Å². The highest BCUT2D eigenvalue weighted by Gasteiger charge is 2.26. The van der Waals surface area contributed by atoms with Gasteiger partial charge in [0.1, 0.15) is 0 Å². The van der Waals surface area contributed by atoms with E-state index in [-0.39, 0.29) is 17.2 Å². The quantitative estimate of drug-likeness (QED) is 0.548. The van der Waals surface area contributed by atoms with Crippen molar-refractivity contribution in [3.8, 4) is 0 Å². The molecule has 6 nitrogen and oxygen atoms in total. The molecule has 1 atom stereocenters. The molecule has 0 bridgehead atoms. The van der Waals surface area contributed by atoms with E-state index < -0.39 is 0 Å². The fourth-order valence-corrected chi connectivity index (χ4v) is 5.05. The van der Waals surface area contributed by atoms with Crippen LogP contribution in [0.25, 0.3) is 0 Å². The van der Waals surface area contributed by atoms with Crippen LogP contribution in [0.4, 0.5) is 5.69 Å². The van der Waals surface area contributed by atoms with Crippen molar-refractivity contribution in [1.29, 1.82) is 0 Å². The van der Waals surface area contributed by atoms with Gasteiger partial charge in [0.15, 0.2) is 5.16 Å². The lowest BCUT2D eigenvalue weighted by Gasteiger charge is -2.13. The van der Waals surface area contributed by atoms with E-state index >= 15 is 0 Å². The number of thioether (sulfide) groups is 2. The topological polar surface area (TPSA) is 73.2 Å². The first-order chi connectivity index (χ1) is 13.4. The van der Waals surface area contributed by atoms with Gasteiger partial charge in [0.2, 0.25) is 5.91 Å². The minimum atomic E-state index is -0.118. The van der Waals surface area contributed by atoms with Crippen LogP contribution in [0.2, 0.25) is 0 Å². The van der Waals surface area contributed by atoms with Crippen LogP contribution >= 0.6 is 23.5 Å². The molecule has 1 N–H and O–H groups in total. The number of rotatable bonds is 7. The number of benzene rings is 1. The predicted molar refractivity (Wildman–Crippen MR) is 115 cm³/mol. The Kier molecular flexibility index (Phi) is 6.85. The number of ether oxygens (including phenoxy) is 1. The molecule has 1 amide bonds.